The highest BCUT2D eigenvalue weighted by Crippen LogP contribution is 2.15. The Hall–Kier alpha value is -1.14. The Bertz CT molecular complexity index is 291. The van der Waals surface area contributed by atoms with Gasteiger partial charge in [-0.15, -0.1) is 0 Å². The molecule has 0 atom stereocenters. The van der Waals surface area contributed by atoms with E-state index in [2.05, 4.69) is 15.5 Å². The summed E-state index contributed by atoms with van der Waals surface area (Å²) >= 11 is 0. The van der Waals surface area contributed by atoms with Crippen LogP contribution in [0.5, 0.6) is 0 Å². The molecule has 0 aliphatic rings. The third-order valence-corrected chi connectivity index (χ3v) is 2.79. The van der Waals surface area contributed by atoms with Crippen LogP contribution in [0.4, 0.5) is 0 Å². The smallest absolute Gasteiger partial charge is 0.235 e. The van der Waals surface area contributed by atoms with Crippen molar-refractivity contribution in [2.75, 3.05) is 47.4 Å². The Labute approximate surface area is 115 Å². The molecule has 0 heterocycles. The number of carbonyl (C=O) groups excluding carboxylic acids is 2. The van der Waals surface area contributed by atoms with E-state index in [9.17, 15) is 9.59 Å². The summed E-state index contributed by atoms with van der Waals surface area (Å²) in [4.78, 5) is 25.9. The molecule has 0 rings (SSSR count). The molecule has 0 fully saturated rings. The van der Waals surface area contributed by atoms with E-state index in [1.54, 1.807) is 21.0 Å². The molecule has 0 spiro atoms. The molecule has 0 bridgehead atoms. The lowest BCUT2D eigenvalue weighted by Gasteiger charge is -2.22. The highest BCUT2D eigenvalue weighted by Gasteiger charge is 2.35. The minimum atomic E-state index is -1.06. The molecule has 19 heavy (non-hydrogen) atoms. The van der Waals surface area contributed by atoms with Crippen LogP contribution in [0.3, 0.4) is 0 Å². The maximum absolute atomic E-state index is 12.0. The first-order chi connectivity index (χ1) is 8.82. The number of hydrogen-bond acceptors (Lipinski definition) is 4. The lowest BCUT2D eigenvalue weighted by atomic mass is 9.91. The number of rotatable bonds is 9. The number of amides is 2. The Morgan fingerprint density at radius 3 is 2.11 bits per heavy atom. The molecule has 0 aliphatic carbocycles. The lowest BCUT2D eigenvalue weighted by molar-refractivity contribution is -0.141. The van der Waals surface area contributed by atoms with Crippen molar-refractivity contribution >= 4 is 11.8 Å². The van der Waals surface area contributed by atoms with Crippen molar-refractivity contribution in [3.05, 3.63) is 0 Å². The zero-order chi connectivity index (χ0) is 14.9. The number of hydrogen-bond donors (Lipinski definition) is 2. The first kappa shape index (κ1) is 17.9. The maximum Gasteiger partial charge on any atom is 0.235 e. The second kappa shape index (κ2) is 8.87. The molecule has 0 aromatic rings. The van der Waals surface area contributed by atoms with E-state index in [-0.39, 0.29) is 11.8 Å². The zero-order valence-corrected chi connectivity index (χ0v) is 12.7. The molecule has 2 N–H and O–H groups in total. The average Bonchev–Trinajstić information content (AvgIpc) is 2.34. The summed E-state index contributed by atoms with van der Waals surface area (Å²) in [6, 6.07) is 0. The third kappa shape index (κ3) is 7.12. The Kier molecular flexibility index (Phi) is 8.34. The van der Waals surface area contributed by atoms with Crippen LogP contribution in [0.25, 0.3) is 0 Å². The van der Waals surface area contributed by atoms with Crippen LogP contribution in [-0.4, -0.2) is 64.2 Å². The maximum atomic E-state index is 12.0. The van der Waals surface area contributed by atoms with Gasteiger partial charge in [0.15, 0.2) is 0 Å². The van der Waals surface area contributed by atoms with Crippen molar-refractivity contribution in [2.24, 2.45) is 5.41 Å². The fourth-order valence-electron chi connectivity index (χ4n) is 1.41. The number of carbonyl (C=O) groups is 2. The number of nitrogens with zero attached hydrogens (tertiary/aromatic N) is 1. The zero-order valence-electron chi connectivity index (χ0n) is 12.7. The first-order valence-electron chi connectivity index (χ1n) is 6.52. The first-order valence-corrected chi connectivity index (χ1v) is 6.52. The lowest BCUT2D eigenvalue weighted by Crippen LogP contribution is -2.48. The van der Waals surface area contributed by atoms with Crippen LogP contribution in [0.2, 0.25) is 0 Å². The molecule has 2 amide bonds. The predicted octanol–water partition coefficient (Wildman–Crippen LogP) is -0.157. The average molecular weight is 273 g/mol. The third-order valence-electron chi connectivity index (χ3n) is 2.79. The Morgan fingerprint density at radius 2 is 1.63 bits per heavy atom. The Balaban J connectivity index is 4.08. The molecule has 0 saturated heterocycles. The summed E-state index contributed by atoms with van der Waals surface area (Å²) < 4.78 is 4.85. The van der Waals surface area contributed by atoms with E-state index in [0.29, 0.717) is 19.7 Å². The van der Waals surface area contributed by atoms with E-state index in [1.165, 1.54) is 0 Å². The number of methoxy groups -OCH3 is 1. The SMILES string of the molecule is COCCNC(=O)C(C)(C)C(=O)NCCCN(C)C. The van der Waals surface area contributed by atoms with Crippen molar-refractivity contribution in [2.45, 2.75) is 20.3 Å². The molecule has 112 valence electrons. The number of nitrogens with one attached hydrogen (secondary N) is 2. The second-order valence-electron chi connectivity index (χ2n) is 5.29. The van der Waals surface area contributed by atoms with Gasteiger partial charge in [0.2, 0.25) is 11.8 Å². The van der Waals surface area contributed by atoms with E-state index in [4.69, 9.17) is 4.74 Å². The monoisotopic (exact) mass is 273 g/mol. The van der Waals surface area contributed by atoms with Gasteiger partial charge < -0.3 is 20.3 Å². The standard InChI is InChI=1S/C13H27N3O3/c1-13(2,12(18)15-8-10-19-5)11(17)14-7-6-9-16(3)4/h6-10H2,1-5H3,(H,14,17)(H,15,18). The van der Waals surface area contributed by atoms with Crippen LogP contribution in [0.1, 0.15) is 20.3 Å². The minimum absolute atomic E-state index is 0.249. The van der Waals surface area contributed by atoms with Gasteiger partial charge in [-0.25, -0.2) is 0 Å². The molecule has 6 nitrogen and oxygen atoms in total. The van der Waals surface area contributed by atoms with Crippen LogP contribution >= 0.6 is 0 Å². The summed E-state index contributed by atoms with van der Waals surface area (Å²) in [5.41, 5.74) is -1.06. The van der Waals surface area contributed by atoms with Crippen molar-refractivity contribution < 1.29 is 14.3 Å². The summed E-state index contributed by atoms with van der Waals surface area (Å²) in [5, 5.41) is 5.47. The van der Waals surface area contributed by atoms with Gasteiger partial charge in [-0.05, 0) is 40.9 Å². The highest BCUT2D eigenvalue weighted by molar-refractivity contribution is 6.04. The van der Waals surface area contributed by atoms with Gasteiger partial charge in [-0.2, -0.15) is 0 Å². The van der Waals surface area contributed by atoms with Gasteiger partial charge in [-0.3, -0.25) is 9.59 Å². The van der Waals surface area contributed by atoms with Gasteiger partial charge in [0, 0.05) is 20.2 Å². The highest BCUT2D eigenvalue weighted by atomic mass is 16.5. The molecule has 0 saturated carbocycles. The largest absolute Gasteiger partial charge is 0.383 e. The van der Waals surface area contributed by atoms with Crippen molar-refractivity contribution in [1.82, 2.24) is 15.5 Å². The van der Waals surface area contributed by atoms with Gasteiger partial charge in [0.1, 0.15) is 5.41 Å². The van der Waals surface area contributed by atoms with Crippen molar-refractivity contribution in [3.8, 4) is 0 Å². The summed E-state index contributed by atoms with van der Waals surface area (Å²) in [5.74, 6) is -0.532. The molecular weight excluding hydrogens is 246 g/mol. The van der Waals surface area contributed by atoms with Gasteiger partial charge in [0.05, 0.1) is 6.61 Å². The normalized spacial score (nSPS) is 11.5. The molecule has 6 heteroatoms. The second-order valence-corrected chi connectivity index (χ2v) is 5.29. The van der Waals surface area contributed by atoms with E-state index < -0.39 is 5.41 Å². The molecule has 0 aliphatic heterocycles. The van der Waals surface area contributed by atoms with Crippen LogP contribution in [-0.2, 0) is 14.3 Å². The van der Waals surface area contributed by atoms with Gasteiger partial charge >= 0.3 is 0 Å². The van der Waals surface area contributed by atoms with Gasteiger partial charge in [0.25, 0.3) is 0 Å². The molecule has 0 radical (unpaired) electrons. The quantitative estimate of drug-likeness (QED) is 0.452. The van der Waals surface area contributed by atoms with Crippen molar-refractivity contribution in [1.29, 1.82) is 0 Å². The van der Waals surface area contributed by atoms with Crippen LogP contribution in [0.15, 0.2) is 0 Å². The topological polar surface area (TPSA) is 70.7 Å². The van der Waals surface area contributed by atoms with Crippen molar-refractivity contribution in [3.63, 3.8) is 0 Å². The Morgan fingerprint density at radius 1 is 1.11 bits per heavy atom. The fourth-order valence-corrected chi connectivity index (χ4v) is 1.41. The molecule has 0 unspecified atom stereocenters. The summed E-state index contributed by atoms with van der Waals surface area (Å²) in [6.45, 7) is 5.57. The van der Waals surface area contributed by atoms with Crippen LogP contribution < -0.4 is 10.6 Å². The van der Waals surface area contributed by atoms with Gasteiger partial charge in [-0.1, -0.05) is 0 Å². The van der Waals surface area contributed by atoms with E-state index >= 15 is 0 Å². The summed E-state index contributed by atoms with van der Waals surface area (Å²) in [7, 11) is 5.53. The fraction of sp³-hybridized carbons (Fsp3) is 0.846. The molecule has 0 aromatic carbocycles. The number of ether oxygens (including phenoxy) is 1. The van der Waals surface area contributed by atoms with Crippen LogP contribution in [0, 0.1) is 5.41 Å². The molecular formula is C13H27N3O3. The van der Waals surface area contributed by atoms with E-state index in [0.717, 1.165) is 13.0 Å². The molecule has 0 aromatic heterocycles. The predicted molar refractivity (Wildman–Crippen MR) is 74.8 cm³/mol. The summed E-state index contributed by atoms with van der Waals surface area (Å²) in [6.07, 6.45) is 0.861. The minimum Gasteiger partial charge on any atom is -0.383 e. The van der Waals surface area contributed by atoms with E-state index in [1.807, 2.05) is 14.1 Å².